The van der Waals surface area contributed by atoms with Gasteiger partial charge in [-0.2, -0.15) is 4.31 Å². The summed E-state index contributed by atoms with van der Waals surface area (Å²) in [5, 5.41) is 0. The Bertz CT molecular complexity index is 833. The van der Waals surface area contributed by atoms with E-state index in [1.807, 2.05) is 0 Å². The topological polar surface area (TPSA) is 96.5 Å². The van der Waals surface area contributed by atoms with Crippen LogP contribution in [0, 0.1) is 0 Å². The zero-order valence-electron chi connectivity index (χ0n) is 15.4. The van der Waals surface area contributed by atoms with Crippen molar-refractivity contribution >= 4 is 21.8 Å². The minimum atomic E-state index is -3.59. The van der Waals surface area contributed by atoms with Crippen molar-refractivity contribution in [1.82, 2.24) is 14.1 Å². The van der Waals surface area contributed by atoms with Gasteiger partial charge in [0.15, 0.2) is 11.5 Å². The Morgan fingerprint density at radius 1 is 1.07 bits per heavy atom. The van der Waals surface area contributed by atoms with Crippen molar-refractivity contribution in [2.75, 3.05) is 45.8 Å². The van der Waals surface area contributed by atoms with E-state index in [4.69, 9.17) is 9.47 Å². The first-order valence-electron chi connectivity index (χ1n) is 8.61. The average Bonchev–Trinajstić information content (AvgIpc) is 3.08. The van der Waals surface area contributed by atoms with E-state index >= 15 is 0 Å². The van der Waals surface area contributed by atoms with Crippen molar-refractivity contribution in [3.05, 3.63) is 23.8 Å². The lowest BCUT2D eigenvalue weighted by Crippen LogP contribution is -2.52. The first kappa shape index (κ1) is 19.4. The van der Waals surface area contributed by atoms with Crippen molar-refractivity contribution in [2.45, 2.75) is 13.5 Å². The highest BCUT2D eigenvalue weighted by Crippen LogP contribution is 2.32. The normalized spacial score (nSPS) is 16.7. The van der Waals surface area contributed by atoms with Crippen molar-refractivity contribution in [2.24, 2.45) is 0 Å². The molecule has 0 atom stereocenters. The standard InChI is InChI=1S/C17H23N3O6S/c1-13(21)18-5-7-19(8-6-18)17(22)11-20(27(2,23)24)10-14-3-4-15-16(9-14)26-12-25-15/h3-4,9H,5-8,10-12H2,1-2H3. The largest absolute Gasteiger partial charge is 0.454 e. The molecule has 1 fully saturated rings. The predicted octanol–water partition coefficient (Wildman–Crippen LogP) is -0.132. The van der Waals surface area contributed by atoms with Crippen LogP contribution in [-0.2, 0) is 26.2 Å². The van der Waals surface area contributed by atoms with Crippen molar-refractivity contribution in [3.8, 4) is 11.5 Å². The Morgan fingerprint density at radius 2 is 1.70 bits per heavy atom. The van der Waals surface area contributed by atoms with Gasteiger partial charge in [-0.1, -0.05) is 6.07 Å². The summed E-state index contributed by atoms with van der Waals surface area (Å²) in [7, 11) is -3.59. The minimum Gasteiger partial charge on any atom is -0.454 e. The highest BCUT2D eigenvalue weighted by Gasteiger charge is 2.27. The van der Waals surface area contributed by atoms with E-state index in [0.29, 0.717) is 43.2 Å². The highest BCUT2D eigenvalue weighted by atomic mass is 32.2. The number of carbonyl (C=O) groups is 2. The molecule has 27 heavy (non-hydrogen) atoms. The van der Waals surface area contributed by atoms with Gasteiger partial charge < -0.3 is 19.3 Å². The Labute approximate surface area is 158 Å². The Morgan fingerprint density at radius 3 is 2.33 bits per heavy atom. The number of ether oxygens (including phenoxy) is 2. The second kappa shape index (κ2) is 7.73. The van der Waals surface area contributed by atoms with Gasteiger partial charge in [-0.05, 0) is 17.7 Å². The summed E-state index contributed by atoms with van der Waals surface area (Å²) in [4.78, 5) is 27.2. The minimum absolute atomic E-state index is 0.0253. The SMILES string of the molecule is CC(=O)N1CCN(C(=O)CN(Cc2ccc3c(c2)OCO3)S(C)(=O)=O)CC1. The number of hydrogen-bond acceptors (Lipinski definition) is 6. The zero-order chi connectivity index (χ0) is 19.6. The molecule has 0 bridgehead atoms. The maximum absolute atomic E-state index is 12.6. The number of sulfonamides is 1. The average molecular weight is 397 g/mol. The molecule has 2 aliphatic rings. The molecule has 2 heterocycles. The molecule has 9 nitrogen and oxygen atoms in total. The molecule has 1 saturated heterocycles. The monoisotopic (exact) mass is 397 g/mol. The van der Waals surface area contributed by atoms with Crippen LogP contribution in [0.15, 0.2) is 18.2 Å². The number of fused-ring (bicyclic) bond motifs is 1. The summed E-state index contributed by atoms with van der Waals surface area (Å²) in [6, 6.07) is 5.19. The van der Waals surface area contributed by atoms with Crippen LogP contribution in [0.3, 0.4) is 0 Å². The van der Waals surface area contributed by atoms with Crippen LogP contribution in [0.2, 0.25) is 0 Å². The van der Waals surface area contributed by atoms with Gasteiger partial charge in [-0.15, -0.1) is 0 Å². The Balaban J connectivity index is 1.65. The highest BCUT2D eigenvalue weighted by molar-refractivity contribution is 7.88. The summed E-state index contributed by atoms with van der Waals surface area (Å²) < 4.78 is 36.1. The van der Waals surface area contributed by atoms with E-state index in [0.717, 1.165) is 10.6 Å². The number of nitrogens with zero attached hydrogens (tertiary/aromatic N) is 3. The number of hydrogen-bond donors (Lipinski definition) is 0. The van der Waals surface area contributed by atoms with Crippen LogP contribution in [0.5, 0.6) is 11.5 Å². The van der Waals surface area contributed by atoms with E-state index in [2.05, 4.69) is 0 Å². The van der Waals surface area contributed by atoms with Crippen LogP contribution in [0.25, 0.3) is 0 Å². The molecule has 0 spiro atoms. The summed E-state index contributed by atoms with van der Waals surface area (Å²) in [5.74, 6) is 0.878. The molecule has 0 aromatic heterocycles. The van der Waals surface area contributed by atoms with Crippen molar-refractivity contribution < 1.29 is 27.5 Å². The van der Waals surface area contributed by atoms with Gasteiger partial charge in [0.1, 0.15) is 0 Å². The fraction of sp³-hybridized carbons (Fsp3) is 0.529. The Kier molecular flexibility index (Phi) is 5.56. The predicted molar refractivity (Wildman–Crippen MR) is 96.7 cm³/mol. The molecule has 0 N–H and O–H groups in total. The molecule has 3 rings (SSSR count). The van der Waals surface area contributed by atoms with Crippen LogP contribution in [0.4, 0.5) is 0 Å². The second-order valence-corrected chi connectivity index (χ2v) is 8.59. The van der Waals surface area contributed by atoms with Crippen molar-refractivity contribution in [1.29, 1.82) is 0 Å². The molecule has 0 aliphatic carbocycles. The number of amides is 2. The first-order chi connectivity index (χ1) is 12.7. The molecule has 1 aromatic rings. The number of carbonyl (C=O) groups excluding carboxylic acids is 2. The molecular weight excluding hydrogens is 374 g/mol. The van der Waals surface area contributed by atoms with E-state index < -0.39 is 10.0 Å². The van der Waals surface area contributed by atoms with Gasteiger partial charge in [0.05, 0.1) is 12.8 Å². The lowest BCUT2D eigenvalue weighted by Gasteiger charge is -2.35. The van der Waals surface area contributed by atoms with E-state index in [1.165, 1.54) is 6.92 Å². The van der Waals surface area contributed by atoms with Gasteiger partial charge in [-0.25, -0.2) is 8.42 Å². The van der Waals surface area contributed by atoms with Gasteiger partial charge >= 0.3 is 0 Å². The summed E-state index contributed by atoms with van der Waals surface area (Å²) in [5.41, 5.74) is 0.707. The molecule has 2 amide bonds. The molecule has 10 heteroatoms. The maximum Gasteiger partial charge on any atom is 0.238 e. The summed E-state index contributed by atoms with van der Waals surface area (Å²) in [6.45, 7) is 3.18. The summed E-state index contributed by atoms with van der Waals surface area (Å²) in [6.07, 6.45) is 1.08. The lowest BCUT2D eigenvalue weighted by molar-refractivity contribution is -0.138. The van der Waals surface area contributed by atoms with Gasteiger partial charge in [0.2, 0.25) is 28.6 Å². The third kappa shape index (κ3) is 4.69. The molecule has 2 aliphatic heterocycles. The van der Waals surface area contributed by atoms with Crippen LogP contribution >= 0.6 is 0 Å². The van der Waals surface area contributed by atoms with Gasteiger partial charge in [-0.3, -0.25) is 9.59 Å². The second-order valence-electron chi connectivity index (χ2n) is 6.61. The fourth-order valence-corrected chi connectivity index (χ4v) is 3.78. The van der Waals surface area contributed by atoms with Gasteiger partial charge in [0, 0.05) is 39.6 Å². The molecular formula is C17H23N3O6S. The number of benzene rings is 1. The third-order valence-corrected chi connectivity index (χ3v) is 5.85. The molecule has 148 valence electrons. The molecule has 1 aromatic carbocycles. The molecule has 0 saturated carbocycles. The smallest absolute Gasteiger partial charge is 0.238 e. The van der Waals surface area contributed by atoms with Crippen LogP contribution < -0.4 is 9.47 Å². The molecule has 0 radical (unpaired) electrons. The number of piperazine rings is 1. The molecule has 0 unspecified atom stereocenters. The fourth-order valence-electron chi connectivity index (χ4n) is 3.05. The quantitative estimate of drug-likeness (QED) is 0.687. The first-order valence-corrected chi connectivity index (χ1v) is 10.5. The van der Waals surface area contributed by atoms with Crippen LogP contribution in [0.1, 0.15) is 12.5 Å². The van der Waals surface area contributed by atoms with Crippen LogP contribution in [-0.4, -0.2) is 80.1 Å². The van der Waals surface area contributed by atoms with E-state index in [9.17, 15) is 18.0 Å². The maximum atomic E-state index is 12.6. The van der Waals surface area contributed by atoms with E-state index in [1.54, 1.807) is 28.0 Å². The van der Waals surface area contributed by atoms with Gasteiger partial charge in [0.25, 0.3) is 0 Å². The third-order valence-electron chi connectivity index (χ3n) is 4.65. The van der Waals surface area contributed by atoms with Crippen molar-refractivity contribution in [3.63, 3.8) is 0 Å². The Hall–Kier alpha value is -2.33. The number of rotatable bonds is 5. The summed E-state index contributed by atoms with van der Waals surface area (Å²) >= 11 is 0. The zero-order valence-corrected chi connectivity index (χ0v) is 16.2. The lowest BCUT2D eigenvalue weighted by atomic mass is 10.2. The van der Waals surface area contributed by atoms with E-state index in [-0.39, 0.29) is 31.7 Å².